The molecule has 0 saturated carbocycles. The number of nitrogens with zero attached hydrogens (tertiary/aromatic N) is 1. The monoisotopic (exact) mass is 633 g/mol. The van der Waals surface area contributed by atoms with Gasteiger partial charge in [-0.3, -0.25) is 0 Å². The summed E-state index contributed by atoms with van der Waals surface area (Å²) in [4.78, 5) is 1.97. The van der Waals surface area contributed by atoms with Gasteiger partial charge in [-0.25, -0.2) is 0 Å². The highest BCUT2D eigenvalue weighted by atomic mass is 79.9. The Morgan fingerprint density at radius 2 is 1.11 bits per heavy atom. The van der Waals surface area contributed by atoms with Gasteiger partial charge < -0.3 is 4.90 Å². The van der Waals surface area contributed by atoms with Crippen LogP contribution in [0.15, 0.2) is 93.9 Å². The van der Waals surface area contributed by atoms with Gasteiger partial charge in [0.25, 0.3) is 0 Å². The maximum absolute atomic E-state index is 8.73. The molecular formula is C34H35Br2N. The summed E-state index contributed by atoms with van der Waals surface area (Å²) in [5, 5.41) is 0. The van der Waals surface area contributed by atoms with Crippen molar-refractivity contribution in [2.45, 2.75) is 58.9 Å². The van der Waals surface area contributed by atoms with E-state index in [1.54, 1.807) is 25.1 Å². The minimum absolute atomic E-state index is 0.0574. The minimum atomic E-state index is -4.44. The molecule has 0 aromatic heterocycles. The molecule has 0 spiro atoms. The van der Waals surface area contributed by atoms with Gasteiger partial charge in [0, 0.05) is 50.7 Å². The molecule has 3 heteroatoms. The van der Waals surface area contributed by atoms with Crippen LogP contribution in [-0.4, -0.2) is 0 Å². The van der Waals surface area contributed by atoms with E-state index in [2.05, 4.69) is 31.9 Å². The van der Waals surface area contributed by atoms with Crippen molar-refractivity contribution < 1.29 is 24.7 Å². The third-order valence-electron chi connectivity index (χ3n) is 6.89. The number of hydrogen-bond acceptors (Lipinski definition) is 1. The van der Waals surface area contributed by atoms with E-state index >= 15 is 0 Å². The fourth-order valence-corrected chi connectivity index (χ4v) is 5.27. The van der Waals surface area contributed by atoms with Crippen LogP contribution in [-0.2, 0) is 10.8 Å². The smallest absolute Gasteiger partial charge is 0.0491 e. The zero-order valence-electron chi connectivity index (χ0n) is 37.8. The Balaban J connectivity index is 1.91. The molecule has 0 aliphatic heterocycles. The van der Waals surface area contributed by atoms with E-state index in [4.69, 9.17) is 24.7 Å². The normalized spacial score (nSPS) is 26.1. The molecule has 0 radical (unpaired) electrons. The molecule has 0 saturated heterocycles. The first-order valence-electron chi connectivity index (χ1n) is 20.4. The minimum Gasteiger partial charge on any atom is -0.310 e. The van der Waals surface area contributed by atoms with E-state index in [1.165, 1.54) is 6.07 Å². The van der Waals surface area contributed by atoms with Gasteiger partial charge >= 0.3 is 0 Å². The first-order valence-corrected chi connectivity index (χ1v) is 13.0. The lowest BCUT2D eigenvalue weighted by Crippen LogP contribution is -2.42. The van der Waals surface area contributed by atoms with Gasteiger partial charge in [-0.2, -0.15) is 0 Å². The molecule has 4 aromatic rings. The SMILES string of the molecule is [2H]C([2H])([2H])C1(C([2H])([2H])[2H])c2ccc(-c3ccc(N(c4ccc(Br)cc4)c4ccc(Br)cc4)c(C)c3)cc2C(C([2H])([2H])[2H])(C([2H])([2H])[2H])C1(C([2H])([2H])[2H])C([2H])([2H])[2H]. The van der Waals surface area contributed by atoms with Crippen LogP contribution in [0.2, 0.25) is 0 Å². The van der Waals surface area contributed by atoms with E-state index in [-0.39, 0.29) is 5.56 Å². The highest BCUT2D eigenvalue weighted by Gasteiger charge is 2.56. The molecule has 1 nitrogen and oxygen atoms in total. The predicted molar refractivity (Wildman–Crippen MR) is 167 cm³/mol. The summed E-state index contributed by atoms with van der Waals surface area (Å²) in [7, 11) is 0. The third kappa shape index (κ3) is 4.19. The van der Waals surface area contributed by atoms with Crippen molar-refractivity contribution in [3.05, 3.63) is 111 Å². The summed E-state index contributed by atoms with van der Waals surface area (Å²) in [5.41, 5.74) is -11.3. The molecule has 190 valence electrons. The molecule has 1 aliphatic rings. The van der Waals surface area contributed by atoms with Crippen molar-refractivity contribution >= 4 is 48.9 Å². The van der Waals surface area contributed by atoms with Crippen molar-refractivity contribution in [1.82, 2.24) is 0 Å². The zero-order chi connectivity index (χ0) is 41.8. The molecule has 0 heterocycles. The van der Waals surface area contributed by atoms with E-state index in [0.29, 0.717) is 16.8 Å². The van der Waals surface area contributed by atoms with Crippen molar-refractivity contribution in [2.75, 3.05) is 4.90 Å². The number of aryl methyl sites for hydroxylation is 1. The van der Waals surface area contributed by atoms with Crippen LogP contribution in [0.1, 0.15) is 82.5 Å². The first kappa shape index (κ1) is 12.2. The van der Waals surface area contributed by atoms with Gasteiger partial charge in [0.15, 0.2) is 0 Å². The van der Waals surface area contributed by atoms with Crippen LogP contribution in [0.5, 0.6) is 0 Å². The summed E-state index contributed by atoms with van der Waals surface area (Å²) in [6.07, 6.45) is 0. The Morgan fingerprint density at radius 1 is 0.595 bits per heavy atom. The predicted octanol–water partition coefficient (Wildman–Crippen LogP) is 11.3. The molecule has 4 aromatic carbocycles. The number of benzene rings is 4. The number of rotatable bonds is 4. The van der Waals surface area contributed by atoms with Gasteiger partial charge in [-0.15, -0.1) is 0 Å². The van der Waals surface area contributed by atoms with E-state index < -0.39 is 68.5 Å². The standard InChI is InChI=1S/C34H35Br2N/c1-22-20-23(24-8-18-29-30(21-24)33(4,5)34(6,7)32(29,2)3)9-19-31(22)37(27-14-10-25(35)11-15-27)28-16-12-26(36)13-17-28/h8-21H,1-7H3/i2D3,3D3,4D3,5D3,6D3,7D3. The molecule has 37 heavy (non-hydrogen) atoms. The van der Waals surface area contributed by atoms with Crippen LogP contribution in [0, 0.1) is 12.3 Å². The number of fused-ring (bicyclic) bond motifs is 1. The fourth-order valence-electron chi connectivity index (χ4n) is 4.74. The summed E-state index contributed by atoms with van der Waals surface area (Å²) in [5.74, 6) is 0. The average Bonchev–Trinajstić information content (AvgIpc) is 3.31. The Morgan fingerprint density at radius 3 is 1.62 bits per heavy atom. The first-order chi connectivity index (χ1) is 24.8. The molecular weight excluding hydrogens is 582 g/mol. The Hall–Kier alpha value is -2.36. The Labute approximate surface area is 264 Å². The van der Waals surface area contributed by atoms with E-state index in [9.17, 15) is 0 Å². The van der Waals surface area contributed by atoms with Crippen LogP contribution >= 0.6 is 31.9 Å². The maximum Gasteiger partial charge on any atom is 0.0491 e. The highest BCUT2D eigenvalue weighted by Crippen LogP contribution is 2.61. The van der Waals surface area contributed by atoms with Crippen LogP contribution in [0.25, 0.3) is 11.1 Å². The lowest BCUT2D eigenvalue weighted by molar-refractivity contribution is 0.125. The molecule has 0 atom stereocenters. The fraction of sp³-hybridized carbons (Fsp3) is 0.294. The Kier molecular flexibility index (Phi) is 3.02. The summed E-state index contributed by atoms with van der Waals surface area (Å²) >= 11 is 6.91. The van der Waals surface area contributed by atoms with Crippen LogP contribution < -0.4 is 4.90 Å². The zero-order valence-corrected chi connectivity index (χ0v) is 23.0. The summed E-state index contributed by atoms with van der Waals surface area (Å²) in [6.45, 7) is -23.3. The summed E-state index contributed by atoms with van der Waals surface area (Å²) < 4.78 is 158. The molecule has 1 aliphatic carbocycles. The molecule has 0 fully saturated rings. The molecule has 0 amide bonds. The van der Waals surface area contributed by atoms with Gasteiger partial charge in [-0.1, -0.05) is 97.2 Å². The van der Waals surface area contributed by atoms with E-state index in [1.807, 2.05) is 53.4 Å². The van der Waals surface area contributed by atoms with Crippen LogP contribution in [0.4, 0.5) is 17.1 Å². The lowest BCUT2D eigenvalue weighted by atomic mass is 9.59. The maximum atomic E-state index is 8.73. The largest absolute Gasteiger partial charge is 0.310 e. The van der Waals surface area contributed by atoms with Crippen molar-refractivity contribution in [3.8, 4) is 11.1 Å². The number of hydrogen-bond donors (Lipinski definition) is 0. The van der Waals surface area contributed by atoms with Gasteiger partial charge in [0.2, 0.25) is 0 Å². The summed E-state index contributed by atoms with van der Waals surface area (Å²) in [6, 6.07) is 23.1. The van der Waals surface area contributed by atoms with E-state index in [0.717, 1.165) is 32.5 Å². The second-order valence-electron chi connectivity index (χ2n) is 9.30. The van der Waals surface area contributed by atoms with Crippen molar-refractivity contribution in [1.29, 1.82) is 0 Å². The second-order valence-corrected chi connectivity index (χ2v) is 11.1. The van der Waals surface area contributed by atoms with Gasteiger partial charge in [-0.05, 0) is 112 Å². The second kappa shape index (κ2) is 9.13. The molecule has 0 unspecified atom stereocenters. The lowest BCUT2D eigenvalue weighted by Gasteiger charge is -2.44. The third-order valence-corrected chi connectivity index (χ3v) is 7.95. The van der Waals surface area contributed by atoms with Gasteiger partial charge in [0.05, 0.1) is 0 Å². The molecule has 0 N–H and O–H groups in total. The molecule has 5 rings (SSSR count). The number of halogens is 2. The highest BCUT2D eigenvalue weighted by molar-refractivity contribution is 9.10. The van der Waals surface area contributed by atoms with Crippen molar-refractivity contribution in [3.63, 3.8) is 0 Å². The number of anilines is 3. The van der Waals surface area contributed by atoms with Crippen LogP contribution in [0.3, 0.4) is 0 Å². The van der Waals surface area contributed by atoms with Gasteiger partial charge in [0.1, 0.15) is 0 Å². The Bertz CT molecular complexity index is 1980. The topological polar surface area (TPSA) is 3.24 Å². The average molecular weight is 636 g/mol. The van der Waals surface area contributed by atoms with Crippen molar-refractivity contribution in [2.24, 2.45) is 5.41 Å². The molecule has 0 bridgehead atoms. The quantitative estimate of drug-likeness (QED) is 0.216.